The number of aromatic nitrogens is 1. The van der Waals surface area contributed by atoms with Crippen LogP contribution in [-0.2, 0) is 4.74 Å². The number of hydrogen-bond donors (Lipinski definition) is 1. The fourth-order valence-electron chi connectivity index (χ4n) is 1.48. The monoisotopic (exact) mass is 262 g/mol. The Morgan fingerprint density at radius 2 is 2.11 bits per heavy atom. The van der Waals surface area contributed by atoms with Gasteiger partial charge in [0.25, 0.3) is 0 Å². The Morgan fingerprint density at radius 3 is 2.79 bits per heavy atom. The van der Waals surface area contributed by atoms with Gasteiger partial charge >= 0.3 is 5.97 Å². The first-order valence-corrected chi connectivity index (χ1v) is 5.38. The lowest BCUT2D eigenvalue weighted by atomic mass is 10.2. The molecule has 0 saturated carbocycles. The van der Waals surface area contributed by atoms with Crippen molar-refractivity contribution in [2.45, 2.75) is 0 Å². The van der Waals surface area contributed by atoms with Gasteiger partial charge in [0, 0.05) is 6.20 Å². The predicted octanol–water partition coefficient (Wildman–Crippen LogP) is 2.38. The van der Waals surface area contributed by atoms with Crippen molar-refractivity contribution < 1.29 is 18.7 Å². The van der Waals surface area contributed by atoms with E-state index in [9.17, 15) is 9.18 Å². The Morgan fingerprint density at radius 1 is 1.32 bits per heavy atom. The van der Waals surface area contributed by atoms with E-state index >= 15 is 0 Å². The summed E-state index contributed by atoms with van der Waals surface area (Å²) in [4.78, 5) is 15.4. The molecule has 2 N–H and O–H groups in total. The van der Waals surface area contributed by atoms with Crippen molar-refractivity contribution >= 4 is 11.7 Å². The molecular formula is C13H11FN2O3. The van der Waals surface area contributed by atoms with Gasteiger partial charge in [-0.1, -0.05) is 6.07 Å². The highest BCUT2D eigenvalue weighted by atomic mass is 19.1. The van der Waals surface area contributed by atoms with Crippen LogP contribution in [0, 0.1) is 5.82 Å². The van der Waals surface area contributed by atoms with Gasteiger partial charge in [-0.25, -0.2) is 14.2 Å². The zero-order chi connectivity index (χ0) is 13.8. The molecular weight excluding hydrogens is 251 g/mol. The highest BCUT2D eigenvalue weighted by Crippen LogP contribution is 2.29. The molecule has 0 saturated heterocycles. The van der Waals surface area contributed by atoms with E-state index < -0.39 is 11.8 Å². The average molecular weight is 262 g/mol. The van der Waals surface area contributed by atoms with E-state index in [2.05, 4.69) is 9.72 Å². The molecule has 0 aliphatic heterocycles. The maximum Gasteiger partial charge on any atom is 0.344 e. The second kappa shape index (κ2) is 5.34. The van der Waals surface area contributed by atoms with Gasteiger partial charge in [0.15, 0.2) is 0 Å². The molecule has 1 aromatic heterocycles. The molecule has 2 aromatic rings. The molecule has 0 bridgehead atoms. The number of nitrogens with two attached hydrogens (primary N) is 1. The molecule has 98 valence electrons. The minimum Gasteiger partial charge on any atom is -0.465 e. The molecule has 0 aliphatic carbocycles. The first kappa shape index (κ1) is 12.8. The summed E-state index contributed by atoms with van der Waals surface area (Å²) in [6.45, 7) is 0. The number of halogens is 1. The summed E-state index contributed by atoms with van der Waals surface area (Å²) in [5.41, 5.74) is 5.65. The van der Waals surface area contributed by atoms with Crippen molar-refractivity contribution in [2.24, 2.45) is 0 Å². The predicted molar refractivity (Wildman–Crippen MR) is 66.5 cm³/mol. The minimum absolute atomic E-state index is 0.00255. The molecule has 0 spiro atoms. The number of rotatable bonds is 3. The molecule has 0 unspecified atom stereocenters. The van der Waals surface area contributed by atoms with Gasteiger partial charge < -0.3 is 15.2 Å². The van der Waals surface area contributed by atoms with Gasteiger partial charge in [0.1, 0.15) is 17.1 Å². The SMILES string of the molecule is COC(=O)c1c(F)cccc1Oc1ncccc1N. The number of carbonyl (C=O) groups is 1. The fourth-order valence-corrected chi connectivity index (χ4v) is 1.48. The number of nitrogens with zero attached hydrogens (tertiary/aromatic N) is 1. The zero-order valence-corrected chi connectivity index (χ0v) is 10.1. The molecule has 0 amide bonds. The second-order valence-electron chi connectivity index (χ2n) is 3.60. The number of methoxy groups -OCH3 is 1. The lowest BCUT2D eigenvalue weighted by Crippen LogP contribution is -2.07. The average Bonchev–Trinajstić information content (AvgIpc) is 2.41. The molecule has 1 heterocycles. The van der Waals surface area contributed by atoms with E-state index in [0.29, 0.717) is 0 Å². The Hall–Kier alpha value is -2.63. The van der Waals surface area contributed by atoms with Crippen LogP contribution in [0.3, 0.4) is 0 Å². The number of esters is 1. The zero-order valence-electron chi connectivity index (χ0n) is 10.1. The summed E-state index contributed by atoms with van der Waals surface area (Å²) in [6, 6.07) is 7.20. The van der Waals surface area contributed by atoms with Crippen LogP contribution in [0.5, 0.6) is 11.6 Å². The normalized spacial score (nSPS) is 10.0. The number of nitrogen functional groups attached to an aromatic ring is 1. The number of hydrogen-bond acceptors (Lipinski definition) is 5. The van der Waals surface area contributed by atoms with Crippen LogP contribution in [0.4, 0.5) is 10.1 Å². The van der Waals surface area contributed by atoms with Crippen LogP contribution in [0.1, 0.15) is 10.4 Å². The molecule has 0 atom stereocenters. The summed E-state index contributed by atoms with van der Waals surface area (Å²) in [5, 5.41) is 0. The van der Waals surface area contributed by atoms with E-state index in [1.54, 1.807) is 12.1 Å². The van der Waals surface area contributed by atoms with E-state index in [1.165, 1.54) is 18.3 Å². The largest absolute Gasteiger partial charge is 0.465 e. The van der Waals surface area contributed by atoms with Gasteiger partial charge in [0.2, 0.25) is 5.88 Å². The lowest BCUT2D eigenvalue weighted by Gasteiger charge is -2.10. The molecule has 19 heavy (non-hydrogen) atoms. The van der Waals surface area contributed by atoms with Crippen LogP contribution in [0.2, 0.25) is 0 Å². The molecule has 6 heteroatoms. The molecule has 5 nitrogen and oxygen atoms in total. The summed E-state index contributed by atoms with van der Waals surface area (Å²) in [6.07, 6.45) is 1.48. The first-order valence-electron chi connectivity index (χ1n) is 5.38. The highest BCUT2D eigenvalue weighted by Gasteiger charge is 2.19. The van der Waals surface area contributed by atoms with Crippen molar-refractivity contribution in [3.63, 3.8) is 0 Å². The van der Waals surface area contributed by atoms with Crippen LogP contribution in [0.15, 0.2) is 36.5 Å². The Bertz CT molecular complexity index is 617. The summed E-state index contributed by atoms with van der Waals surface area (Å²) >= 11 is 0. The number of carbonyl (C=O) groups excluding carboxylic acids is 1. The third-order valence-corrected chi connectivity index (χ3v) is 2.37. The van der Waals surface area contributed by atoms with E-state index in [-0.39, 0.29) is 22.9 Å². The molecule has 2 rings (SSSR count). The van der Waals surface area contributed by atoms with Gasteiger partial charge in [-0.2, -0.15) is 0 Å². The van der Waals surface area contributed by atoms with Crippen molar-refractivity contribution in [1.82, 2.24) is 4.98 Å². The smallest absolute Gasteiger partial charge is 0.344 e. The van der Waals surface area contributed by atoms with Crippen molar-refractivity contribution in [2.75, 3.05) is 12.8 Å². The third kappa shape index (κ3) is 2.62. The van der Waals surface area contributed by atoms with Gasteiger partial charge in [-0.3, -0.25) is 0 Å². The maximum absolute atomic E-state index is 13.7. The summed E-state index contributed by atoms with van der Waals surface area (Å²) in [7, 11) is 1.16. The topological polar surface area (TPSA) is 74.4 Å². The summed E-state index contributed by atoms with van der Waals surface area (Å²) < 4.78 is 23.5. The molecule has 1 aromatic carbocycles. The first-order chi connectivity index (χ1) is 9.13. The van der Waals surface area contributed by atoms with E-state index in [4.69, 9.17) is 10.5 Å². The lowest BCUT2D eigenvalue weighted by molar-refractivity contribution is 0.0592. The quantitative estimate of drug-likeness (QED) is 0.859. The number of anilines is 1. The van der Waals surface area contributed by atoms with Crippen LogP contribution >= 0.6 is 0 Å². The minimum atomic E-state index is -0.831. The van der Waals surface area contributed by atoms with Crippen LogP contribution in [-0.4, -0.2) is 18.1 Å². The molecule has 0 aliphatic rings. The van der Waals surface area contributed by atoms with Gasteiger partial charge in [0.05, 0.1) is 12.8 Å². The fraction of sp³-hybridized carbons (Fsp3) is 0.0769. The van der Waals surface area contributed by atoms with Gasteiger partial charge in [-0.15, -0.1) is 0 Å². The Labute approximate surface area is 108 Å². The Kier molecular flexibility index (Phi) is 3.61. The standard InChI is InChI=1S/C13H11FN2O3/c1-18-13(17)11-8(14)4-2-6-10(11)19-12-9(15)5-3-7-16-12/h2-7H,15H2,1H3. The van der Waals surface area contributed by atoms with Crippen molar-refractivity contribution in [1.29, 1.82) is 0 Å². The van der Waals surface area contributed by atoms with Crippen LogP contribution in [0.25, 0.3) is 0 Å². The molecule has 0 radical (unpaired) electrons. The van der Waals surface area contributed by atoms with Crippen molar-refractivity contribution in [3.05, 3.63) is 47.9 Å². The van der Waals surface area contributed by atoms with Crippen LogP contribution < -0.4 is 10.5 Å². The molecule has 0 fully saturated rings. The number of pyridine rings is 1. The van der Waals surface area contributed by atoms with E-state index in [0.717, 1.165) is 13.2 Å². The number of benzene rings is 1. The second-order valence-corrected chi connectivity index (χ2v) is 3.60. The Balaban J connectivity index is 2.43. The van der Waals surface area contributed by atoms with Crippen molar-refractivity contribution in [3.8, 4) is 11.6 Å². The maximum atomic E-state index is 13.7. The highest BCUT2D eigenvalue weighted by molar-refractivity contribution is 5.92. The van der Waals surface area contributed by atoms with Gasteiger partial charge in [-0.05, 0) is 24.3 Å². The summed E-state index contributed by atoms with van der Waals surface area (Å²) in [5.74, 6) is -1.48. The number of ether oxygens (including phenoxy) is 2. The van der Waals surface area contributed by atoms with E-state index in [1.807, 2.05) is 0 Å². The third-order valence-electron chi connectivity index (χ3n) is 2.37.